The zero-order valence-electron chi connectivity index (χ0n) is 5.90. The fourth-order valence-corrected chi connectivity index (χ4v) is 1.03. The third-order valence-corrected chi connectivity index (χ3v) is 1.82. The van der Waals surface area contributed by atoms with Gasteiger partial charge in [0.1, 0.15) is 0 Å². The van der Waals surface area contributed by atoms with Gasteiger partial charge in [-0.1, -0.05) is 0 Å². The van der Waals surface area contributed by atoms with Gasteiger partial charge < -0.3 is 0 Å². The van der Waals surface area contributed by atoms with Crippen molar-refractivity contribution in [3.05, 3.63) is 24.5 Å². The van der Waals surface area contributed by atoms with Crippen LogP contribution in [0.15, 0.2) is 24.5 Å². The average molecular weight is 146 g/mol. The first kappa shape index (κ1) is 5.05. The molecule has 0 aliphatic carbocycles. The van der Waals surface area contributed by atoms with Crippen molar-refractivity contribution in [1.82, 2.24) is 3.97 Å². The fraction of sp³-hybridized carbons (Fsp3) is 0.200. The molecular weight excluding hydrogens is 138 g/mol. The zero-order valence-corrected chi connectivity index (χ0v) is 5.72. The van der Waals surface area contributed by atoms with Gasteiger partial charge in [-0.2, -0.15) is 0 Å². The van der Waals surface area contributed by atoms with Crippen LogP contribution in [0, 0.1) is 0 Å². The summed E-state index contributed by atoms with van der Waals surface area (Å²) in [6.45, 7) is 0. The van der Waals surface area contributed by atoms with E-state index in [0.717, 1.165) is 10.2 Å². The Morgan fingerprint density at radius 1 is 1.56 bits per heavy atom. The standard InChI is InChI=1S/C5H7NO2S/c1-9(7,8)6-4-2-3-5-6/h2-5H,1H3/i4D. The van der Waals surface area contributed by atoms with E-state index in [4.69, 9.17) is 1.37 Å². The summed E-state index contributed by atoms with van der Waals surface area (Å²) in [7, 11) is -3.26. The van der Waals surface area contributed by atoms with Gasteiger partial charge in [0.05, 0.1) is 7.63 Å². The second kappa shape index (κ2) is 1.88. The normalized spacial score (nSPS) is 13.2. The monoisotopic (exact) mass is 146 g/mol. The Morgan fingerprint density at radius 2 is 2.22 bits per heavy atom. The molecule has 0 atom stereocenters. The maximum absolute atomic E-state index is 10.8. The lowest BCUT2D eigenvalue weighted by molar-refractivity contribution is 0.593. The summed E-state index contributed by atoms with van der Waals surface area (Å²) < 4.78 is 29.5. The minimum Gasteiger partial charge on any atom is -0.253 e. The Labute approximate surface area is 55.4 Å². The lowest BCUT2D eigenvalue weighted by atomic mass is 10.7. The molecule has 1 heterocycles. The van der Waals surface area contributed by atoms with E-state index in [0.29, 0.717) is 0 Å². The molecule has 3 nitrogen and oxygen atoms in total. The van der Waals surface area contributed by atoms with Crippen LogP contribution in [0.25, 0.3) is 0 Å². The summed E-state index contributed by atoms with van der Waals surface area (Å²) in [5.74, 6) is 0. The van der Waals surface area contributed by atoms with Crippen LogP contribution < -0.4 is 0 Å². The molecule has 0 unspecified atom stereocenters. The van der Waals surface area contributed by atoms with E-state index in [-0.39, 0.29) is 6.17 Å². The average Bonchev–Trinajstić information content (AvgIpc) is 2.11. The van der Waals surface area contributed by atoms with Gasteiger partial charge in [0, 0.05) is 12.4 Å². The quantitative estimate of drug-likeness (QED) is 0.571. The van der Waals surface area contributed by atoms with Crippen molar-refractivity contribution in [2.45, 2.75) is 0 Å². The van der Waals surface area contributed by atoms with Crippen molar-refractivity contribution in [2.75, 3.05) is 6.26 Å². The highest BCUT2D eigenvalue weighted by molar-refractivity contribution is 7.89. The molecule has 0 aromatic carbocycles. The summed E-state index contributed by atoms with van der Waals surface area (Å²) in [6, 6.07) is 2.93. The Bertz CT molecular complexity index is 327. The van der Waals surface area contributed by atoms with E-state index in [1.807, 2.05) is 0 Å². The highest BCUT2D eigenvalue weighted by Crippen LogP contribution is 1.93. The van der Waals surface area contributed by atoms with Crippen molar-refractivity contribution < 1.29 is 9.79 Å². The minimum absolute atomic E-state index is 0.0116. The number of hydrogen-bond acceptors (Lipinski definition) is 2. The van der Waals surface area contributed by atoms with E-state index in [1.54, 1.807) is 0 Å². The molecule has 4 heteroatoms. The molecule has 0 aliphatic rings. The topological polar surface area (TPSA) is 39.1 Å². The third-order valence-electron chi connectivity index (χ3n) is 0.877. The Kier molecular flexibility index (Phi) is 1.05. The van der Waals surface area contributed by atoms with Crippen molar-refractivity contribution in [1.29, 1.82) is 0 Å². The van der Waals surface area contributed by atoms with Crippen molar-refractivity contribution in [3.8, 4) is 0 Å². The van der Waals surface area contributed by atoms with E-state index >= 15 is 0 Å². The van der Waals surface area contributed by atoms with Gasteiger partial charge >= 0.3 is 0 Å². The van der Waals surface area contributed by atoms with Crippen LogP contribution in [0.3, 0.4) is 0 Å². The number of aromatic nitrogens is 1. The Balaban J connectivity index is 3.32. The molecule has 0 spiro atoms. The number of hydrogen-bond donors (Lipinski definition) is 0. The van der Waals surface area contributed by atoms with Crippen LogP contribution in [-0.2, 0) is 10.0 Å². The number of nitrogens with zero attached hydrogens (tertiary/aromatic N) is 1. The minimum atomic E-state index is -3.26. The maximum atomic E-state index is 10.8. The lowest BCUT2D eigenvalue weighted by Crippen LogP contribution is -2.06. The van der Waals surface area contributed by atoms with Gasteiger partial charge in [0.2, 0.25) is 10.0 Å². The van der Waals surface area contributed by atoms with Gasteiger partial charge in [-0.15, -0.1) is 0 Å². The fourth-order valence-electron chi connectivity index (χ4n) is 0.487. The summed E-state index contributed by atoms with van der Waals surface area (Å²) in [5.41, 5.74) is 0. The molecule has 9 heavy (non-hydrogen) atoms. The van der Waals surface area contributed by atoms with Crippen LogP contribution in [-0.4, -0.2) is 18.6 Å². The van der Waals surface area contributed by atoms with E-state index in [2.05, 4.69) is 0 Å². The molecule has 0 saturated carbocycles. The molecule has 0 fully saturated rings. The van der Waals surface area contributed by atoms with E-state index in [9.17, 15) is 8.42 Å². The van der Waals surface area contributed by atoms with Gasteiger partial charge in [0.15, 0.2) is 0 Å². The van der Waals surface area contributed by atoms with Crippen molar-refractivity contribution in [3.63, 3.8) is 0 Å². The number of rotatable bonds is 1. The SMILES string of the molecule is [2H]c1cccn1S(C)(=O)=O. The maximum Gasteiger partial charge on any atom is 0.235 e. The molecule has 50 valence electrons. The first-order chi connectivity index (χ1) is 4.52. The van der Waals surface area contributed by atoms with Crippen LogP contribution in [0.5, 0.6) is 0 Å². The van der Waals surface area contributed by atoms with Crippen LogP contribution in [0.1, 0.15) is 1.37 Å². The first-order valence-corrected chi connectivity index (χ1v) is 4.21. The van der Waals surface area contributed by atoms with E-state index < -0.39 is 10.0 Å². The smallest absolute Gasteiger partial charge is 0.235 e. The predicted molar refractivity (Wildman–Crippen MR) is 34.7 cm³/mol. The molecule has 1 aromatic heterocycles. The lowest BCUT2D eigenvalue weighted by Gasteiger charge is -1.94. The molecule has 0 saturated heterocycles. The Hall–Kier alpha value is -0.770. The summed E-state index contributed by atoms with van der Waals surface area (Å²) in [4.78, 5) is 0. The summed E-state index contributed by atoms with van der Waals surface area (Å²) >= 11 is 0. The summed E-state index contributed by atoms with van der Waals surface area (Å²) in [6.07, 6.45) is 2.39. The van der Waals surface area contributed by atoms with Gasteiger partial charge in [0.25, 0.3) is 0 Å². The largest absolute Gasteiger partial charge is 0.253 e. The molecular formula is C5H7NO2S. The zero-order chi connectivity index (χ0) is 7.78. The molecule has 0 aliphatic heterocycles. The van der Waals surface area contributed by atoms with Gasteiger partial charge in [-0.05, 0) is 12.1 Å². The van der Waals surface area contributed by atoms with Gasteiger partial charge in [-0.25, -0.2) is 8.42 Å². The van der Waals surface area contributed by atoms with Crippen LogP contribution >= 0.6 is 0 Å². The molecule has 0 amide bonds. The summed E-state index contributed by atoms with van der Waals surface area (Å²) in [5, 5.41) is 0. The van der Waals surface area contributed by atoms with Crippen molar-refractivity contribution >= 4 is 10.0 Å². The molecule has 0 N–H and O–H groups in total. The third kappa shape index (κ3) is 1.32. The predicted octanol–water partition coefficient (Wildman–Crippen LogP) is 0.296. The second-order valence-electron chi connectivity index (χ2n) is 1.70. The molecule has 0 radical (unpaired) electrons. The van der Waals surface area contributed by atoms with Crippen LogP contribution in [0.2, 0.25) is 0 Å². The highest BCUT2D eigenvalue weighted by atomic mass is 32.2. The molecule has 1 aromatic rings. The second-order valence-corrected chi connectivity index (χ2v) is 3.56. The van der Waals surface area contributed by atoms with Crippen molar-refractivity contribution in [2.24, 2.45) is 0 Å². The Morgan fingerprint density at radius 3 is 2.44 bits per heavy atom. The van der Waals surface area contributed by atoms with E-state index in [1.165, 1.54) is 18.3 Å². The van der Waals surface area contributed by atoms with Crippen LogP contribution in [0.4, 0.5) is 0 Å². The molecule has 0 bridgehead atoms. The molecule has 1 rings (SSSR count). The first-order valence-electron chi connectivity index (χ1n) is 2.86. The highest BCUT2D eigenvalue weighted by Gasteiger charge is 1.99. The van der Waals surface area contributed by atoms with Gasteiger partial charge in [-0.3, -0.25) is 3.97 Å².